The zero-order valence-electron chi connectivity index (χ0n) is 8.65. The molecule has 0 spiro atoms. The molecule has 1 aliphatic heterocycles. The fourth-order valence-electron chi connectivity index (χ4n) is 2.05. The van der Waals surface area contributed by atoms with Crippen molar-refractivity contribution in [2.45, 2.75) is 12.5 Å². The Labute approximate surface area is 91.7 Å². The van der Waals surface area contributed by atoms with Crippen LogP contribution in [0.3, 0.4) is 0 Å². The Morgan fingerprint density at radius 1 is 1.50 bits per heavy atom. The summed E-state index contributed by atoms with van der Waals surface area (Å²) in [6.07, 6.45) is 0.468. The average molecular weight is 221 g/mol. The molecule has 2 heterocycles. The molecule has 1 atom stereocenters. The highest BCUT2D eigenvalue weighted by molar-refractivity contribution is 5.77. The molecule has 0 saturated carbocycles. The van der Waals surface area contributed by atoms with Crippen molar-refractivity contribution >= 4 is 17.0 Å². The lowest BCUT2D eigenvalue weighted by Crippen LogP contribution is -2.22. The van der Waals surface area contributed by atoms with Gasteiger partial charge in [-0.3, -0.25) is 0 Å². The second-order valence-corrected chi connectivity index (χ2v) is 4.11. The number of aliphatic hydroxyl groups is 1. The van der Waals surface area contributed by atoms with E-state index in [0.717, 1.165) is 18.5 Å². The van der Waals surface area contributed by atoms with Crippen LogP contribution in [0.5, 0.6) is 0 Å². The van der Waals surface area contributed by atoms with Crippen LogP contribution >= 0.6 is 0 Å². The number of anilines is 1. The van der Waals surface area contributed by atoms with Crippen LogP contribution in [0, 0.1) is 5.82 Å². The van der Waals surface area contributed by atoms with Gasteiger partial charge in [0, 0.05) is 13.1 Å². The third kappa shape index (κ3) is 1.53. The number of halogens is 1. The first kappa shape index (κ1) is 9.59. The third-order valence-corrected chi connectivity index (χ3v) is 2.89. The number of benzene rings is 1. The molecule has 0 amide bonds. The first-order valence-electron chi connectivity index (χ1n) is 5.30. The minimum Gasteiger partial charge on any atom is -0.391 e. The summed E-state index contributed by atoms with van der Waals surface area (Å²) in [4.78, 5) is 9.40. The second-order valence-electron chi connectivity index (χ2n) is 4.11. The van der Waals surface area contributed by atoms with E-state index in [9.17, 15) is 9.50 Å². The van der Waals surface area contributed by atoms with E-state index in [1.165, 1.54) is 12.1 Å². The Kier molecular flexibility index (Phi) is 2.07. The predicted molar refractivity (Wildman–Crippen MR) is 58.9 cm³/mol. The summed E-state index contributed by atoms with van der Waals surface area (Å²) in [5.41, 5.74) is 1.44. The van der Waals surface area contributed by atoms with Gasteiger partial charge in [-0.25, -0.2) is 9.37 Å². The maximum absolute atomic E-state index is 13.0. The summed E-state index contributed by atoms with van der Waals surface area (Å²) in [6, 6.07) is 4.47. The number of H-pyrrole nitrogens is 1. The molecular formula is C11H12FN3O. The van der Waals surface area contributed by atoms with Gasteiger partial charge < -0.3 is 15.0 Å². The number of hydrogen-bond acceptors (Lipinski definition) is 3. The van der Waals surface area contributed by atoms with Gasteiger partial charge in [-0.15, -0.1) is 0 Å². The summed E-state index contributed by atoms with van der Waals surface area (Å²) in [7, 11) is 0. The second kappa shape index (κ2) is 3.45. The first-order valence-corrected chi connectivity index (χ1v) is 5.30. The van der Waals surface area contributed by atoms with Crippen molar-refractivity contribution < 1.29 is 9.50 Å². The molecule has 2 N–H and O–H groups in total. The van der Waals surface area contributed by atoms with Crippen LogP contribution < -0.4 is 4.90 Å². The van der Waals surface area contributed by atoms with Crippen molar-refractivity contribution in [3.05, 3.63) is 24.0 Å². The monoisotopic (exact) mass is 221 g/mol. The smallest absolute Gasteiger partial charge is 0.203 e. The molecule has 84 valence electrons. The fourth-order valence-corrected chi connectivity index (χ4v) is 2.05. The molecule has 0 radical (unpaired) electrons. The molecule has 0 unspecified atom stereocenters. The minimum absolute atomic E-state index is 0.274. The lowest BCUT2D eigenvalue weighted by molar-refractivity contribution is 0.198. The van der Waals surface area contributed by atoms with E-state index in [-0.39, 0.29) is 11.9 Å². The van der Waals surface area contributed by atoms with Gasteiger partial charge in [-0.05, 0) is 24.6 Å². The number of fused-ring (bicyclic) bond motifs is 1. The van der Waals surface area contributed by atoms with E-state index in [1.807, 2.05) is 4.90 Å². The molecule has 1 fully saturated rings. The largest absolute Gasteiger partial charge is 0.391 e. The Balaban J connectivity index is 1.99. The van der Waals surface area contributed by atoms with Gasteiger partial charge in [0.05, 0.1) is 17.1 Å². The summed E-state index contributed by atoms with van der Waals surface area (Å²) in [5, 5.41) is 9.44. The van der Waals surface area contributed by atoms with Crippen LogP contribution in [-0.4, -0.2) is 34.3 Å². The molecule has 1 aromatic heterocycles. The summed E-state index contributed by atoms with van der Waals surface area (Å²) in [6.45, 7) is 1.37. The van der Waals surface area contributed by atoms with E-state index >= 15 is 0 Å². The molecular weight excluding hydrogens is 209 g/mol. The lowest BCUT2D eigenvalue weighted by Gasteiger charge is -2.12. The standard InChI is InChI=1S/C11H12FN3O/c12-7-1-2-9-10(5-7)14-11(13-9)15-4-3-8(16)6-15/h1-2,5,8,16H,3-4,6H2,(H,13,14)/t8-/m1/s1. The molecule has 0 bridgehead atoms. The van der Waals surface area contributed by atoms with E-state index in [4.69, 9.17) is 0 Å². The number of aromatic nitrogens is 2. The van der Waals surface area contributed by atoms with E-state index in [0.29, 0.717) is 18.0 Å². The van der Waals surface area contributed by atoms with Crippen molar-refractivity contribution in [2.75, 3.05) is 18.0 Å². The molecule has 1 aliphatic rings. The average Bonchev–Trinajstić information content (AvgIpc) is 2.83. The van der Waals surface area contributed by atoms with Crippen LogP contribution in [0.2, 0.25) is 0 Å². The fraction of sp³-hybridized carbons (Fsp3) is 0.364. The SMILES string of the molecule is O[C@@H]1CCN(c2nc3ccc(F)cc3[nH]2)C1. The van der Waals surface area contributed by atoms with Gasteiger partial charge in [0.15, 0.2) is 0 Å². The van der Waals surface area contributed by atoms with Crippen molar-refractivity contribution in [3.8, 4) is 0 Å². The summed E-state index contributed by atoms with van der Waals surface area (Å²) in [5.74, 6) is 0.432. The quantitative estimate of drug-likeness (QED) is 0.762. The maximum Gasteiger partial charge on any atom is 0.203 e. The van der Waals surface area contributed by atoms with Crippen molar-refractivity contribution in [2.24, 2.45) is 0 Å². The highest BCUT2D eigenvalue weighted by Gasteiger charge is 2.22. The number of hydrogen-bond donors (Lipinski definition) is 2. The van der Waals surface area contributed by atoms with Crippen LogP contribution in [-0.2, 0) is 0 Å². The van der Waals surface area contributed by atoms with E-state index in [1.54, 1.807) is 6.07 Å². The zero-order valence-corrected chi connectivity index (χ0v) is 8.65. The normalized spacial score (nSPS) is 20.9. The lowest BCUT2D eigenvalue weighted by atomic mass is 10.3. The van der Waals surface area contributed by atoms with E-state index in [2.05, 4.69) is 9.97 Å². The Hall–Kier alpha value is -1.62. The Morgan fingerprint density at radius 2 is 2.38 bits per heavy atom. The predicted octanol–water partition coefficient (Wildman–Crippen LogP) is 1.27. The first-order chi connectivity index (χ1) is 7.72. The van der Waals surface area contributed by atoms with E-state index < -0.39 is 0 Å². The maximum atomic E-state index is 13.0. The van der Waals surface area contributed by atoms with Crippen LogP contribution in [0.15, 0.2) is 18.2 Å². The van der Waals surface area contributed by atoms with Crippen LogP contribution in [0.1, 0.15) is 6.42 Å². The molecule has 1 saturated heterocycles. The number of aromatic amines is 1. The molecule has 0 aliphatic carbocycles. The highest BCUT2D eigenvalue weighted by atomic mass is 19.1. The minimum atomic E-state index is -0.287. The Morgan fingerprint density at radius 3 is 3.12 bits per heavy atom. The van der Waals surface area contributed by atoms with Gasteiger partial charge >= 0.3 is 0 Å². The number of nitrogens with zero attached hydrogens (tertiary/aromatic N) is 2. The molecule has 4 nitrogen and oxygen atoms in total. The number of nitrogens with one attached hydrogen (secondary N) is 1. The van der Waals surface area contributed by atoms with Crippen LogP contribution in [0.25, 0.3) is 11.0 Å². The molecule has 5 heteroatoms. The Bertz CT molecular complexity index is 525. The van der Waals surface area contributed by atoms with Gasteiger partial charge in [0.25, 0.3) is 0 Å². The summed E-state index contributed by atoms with van der Waals surface area (Å²) >= 11 is 0. The number of rotatable bonds is 1. The van der Waals surface area contributed by atoms with Gasteiger partial charge in [0.2, 0.25) is 5.95 Å². The summed E-state index contributed by atoms with van der Waals surface area (Å²) < 4.78 is 13.0. The highest BCUT2D eigenvalue weighted by Crippen LogP contribution is 2.21. The topological polar surface area (TPSA) is 52.1 Å². The molecule has 16 heavy (non-hydrogen) atoms. The van der Waals surface area contributed by atoms with Crippen molar-refractivity contribution in [3.63, 3.8) is 0 Å². The molecule has 1 aromatic carbocycles. The van der Waals surface area contributed by atoms with Gasteiger partial charge in [0.1, 0.15) is 5.82 Å². The van der Waals surface area contributed by atoms with Gasteiger partial charge in [-0.2, -0.15) is 0 Å². The number of β-amino-alcohol motifs (C(OH)–C–C–N with tert-alkyl or cyclic N) is 1. The molecule has 2 aromatic rings. The molecule has 3 rings (SSSR count). The van der Waals surface area contributed by atoms with Crippen molar-refractivity contribution in [1.82, 2.24) is 9.97 Å². The number of aliphatic hydroxyl groups excluding tert-OH is 1. The van der Waals surface area contributed by atoms with Crippen molar-refractivity contribution in [1.29, 1.82) is 0 Å². The number of imidazole rings is 1. The third-order valence-electron chi connectivity index (χ3n) is 2.89. The zero-order chi connectivity index (χ0) is 11.1. The van der Waals surface area contributed by atoms with Gasteiger partial charge in [-0.1, -0.05) is 0 Å². The van der Waals surface area contributed by atoms with Crippen LogP contribution in [0.4, 0.5) is 10.3 Å².